The molecule has 0 radical (unpaired) electrons. The molecule has 0 spiro atoms. The van der Waals surface area contributed by atoms with Crippen LogP contribution in [-0.4, -0.2) is 60.4 Å². The average Bonchev–Trinajstić information content (AvgIpc) is 2.29. The SMILES string of the molecule is C[N+](C)(C)CC(=O)[O-].N[C@@H](Cc1ccc(O)cc1)C(=O)O. The van der Waals surface area contributed by atoms with Crippen molar-refractivity contribution in [1.82, 2.24) is 0 Å². The minimum atomic E-state index is -1.02. The third-order valence-electron chi connectivity index (χ3n) is 2.31. The quantitative estimate of drug-likeness (QED) is 0.586. The Kier molecular flexibility index (Phi) is 7.40. The summed E-state index contributed by atoms with van der Waals surface area (Å²) in [6.45, 7) is 0.0694. The molecule has 4 N–H and O–H groups in total. The summed E-state index contributed by atoms with van der Waals surface area (Å²) in [5.74, 6) is -1.86. The lowest BCUT2D eigenvalue weighted by Crippen LogP contribution is -2.45. The predicted octanol–water partition coefficient (Wildman–Crippen LogP) is -1.21. The minimum Gasteiger partial charge on any atom is -0.544 e. The molecule has 0 aliphatic heterocycles. The zero-order chi connectivity index (χ0) is 16.6. The lowest BCUT2D eigenvalue weighted by atomic mass is 10.1. The summed E-state index contributed by atoms with van der Waals surface area (Å²) in [6, 6.07) is 5.42. The molecule has 1 aromatic carbocycles. The summed E-state index contributed by atoms with van der Waals surface area (Å²) in [6.07, 6.45) is 0.273. The number of quaternary nitrogens is 1. The van der Waals surface area contributed by atoms with Gasteiger partial charge in [-0.25, -0.2) is 0 Å². The molecule has 0 heterocycles. The van der Waals surface area contributed by atoms with Crippen LogP contribution in [0.3, 0.4) is 0 Å². The molecule has 0 aliphatic rings. The number of carboxylic acid groups (broad SMARTS) is 2. The Labute approximate surface area is 123 Å². The van der Waals surface area contributed by atoms with E-state index in [2.05, 4.69) is 0 Å². The van der Waals surface area contributed by atoms with Crippen molar-refractivity contribution in [3.8, 4) is 5.75 Å². The van der Waals surface area contributed by atoms with Gasteiger partial charge in [0.15, 0.2) is 0 Å². The molecular weight excluding hydrogens is 276 g/mol. The molecule has 7 nitrogen and oxygen atoms in total. The molecule has 0 fully saturated rings. The topological polar surface area (TPSA) is 124 Å². The Morgan fingerprint density at radius 3 is 2.00 bits per heavy atom. The summed E-state index contributed by atoms with van der Waals surface area (Å²) in [4.78, 5) is 20.3. The molecule has 0 unspecified atom stereocenters. The molecule has 0 saturated heterocycles. The number of phenols is 1. The van der Waals surface area contributed by atoms with Crippen molar-refractivity contribution >= 4 is 11.9 Å². The number of likely N-dealkylation sites (N-methyl/N-ethyl adjacent to an activating group) is 1. The van der Waals surface area contributed by atoms with E-state index >= 15 is 0 Å². The number of carbonyl (C=O) groups excluding carboxylic acids is 1. The van der Waals surface area contributed by atoms with E-state index < -0.39 is 18.0 Å². The fourth-order valence-electron chi connectivity index (χ4n) is 1.36. The van der Waals surface area contributed by atoms with E-state index in [-0.39, 0.29) is 18.7 Å². The average molecular weight is 298 g/mol. The van der Waals surface area contributed by atoms with E-state index in [1.54, 1.807) is 33.3 Å². The summed E-state index contributed by atoms with van der Waals surface area (Å²) >= 11 is 0. The maximum atomic E-state index is 10.4. The van der Waals surface area contributed by atoms with E-state index in [4.69, 9.17) is 15.9 Å². The van der Waals surface area contributed by atoms with Crippen molar-refractivity contribution in [1.29, 1.82) is 0 Å². The highest BCUT2D eigenvalue weighted by Crippen LogP contribution is 2.10. The number of phenolic OH excluding ortho intramolecular Hbond substituents is 1. The number of carboxylic acids is 2. The molecule has 21 heavy (non-hydrogen) atoms. The van der Waals surface area contributed by atoms with Gasteiger partial charge in [-0.1, -0.05) is 12.1 Å². The van der Waals surface area contributed by atoms with Crippen molar-refractivity contribution in [3.05, 3.63) is 29.8 Å². The highest BCUT2D eigenvalue weighted by molar-refractivity contribution is 5.73. The van der Waals surface area contributed by atoms with Gasteiger partial charge >= 0.3 is 5.97 Å². The van der Waals surface area contributed by atoms with Crippen LogP contribution in [0.25, 0.3) is 0 Å². The van der Waals surface area contributed by atoms with Crippen molar-refractivity contribution < 1.29 is 29.4 Å². The number of carbonyl (C=O) groups is 2. The first-order valence-electron chi connectivity index (χ1n) is 6.28. The standard InChI is InChI=1S/C9H11NO3.C5H11NO2/c10-8(9(12)13)5-6-1-3-7(11)4-2-6;1-6(2,3)4-5(7)8/h1-4,8,11H,5,10H2,(H,12,13);4H2,1-3H3/t8-;/m0./s1. The lowest BCUT2D eigenvalue weighted by Gasteiger charge is -2.23. The van der Waals surface area contributed by atoms with E-state index in [9.17, 15) is 14.7 Å². The second-order valence-electron chi connectivity index (χ2n) is 5.64. The molecule has 0 aliphatic carbocycles. The van der Waals surface area contributed by atoms with Crippen molar-refractivity contribution in [2.75, 3.05) is 27.7 Å². The maximum Gasteiger partial charge on any atom is 0.320 e. The Morgan fingerprint density at radius 2 is 1.71 bits per heavy atom. The first-order chi connectivity index (χ1) is 9.51. The smallest absolute Gasteiger partial charge is 0.320 e. The second kappa shape index (κ2) is 8.23. The van der Waals surface area contributed by atoms with E-state index in [0.717, 1.165) is 5.56 Å². The second-order valence-corrected chi connectivity index (χ2v) is 5.64. The minimum absolute atomic E-state index is 0.0694. The Bertz CT molecular complexity index is 465. The van der Waals surface area contributed by atoms with Gasteiger partial charge < -0.3 is 30.3 Å². The predicted molar refractivity (Wildman–Crippen MR) is 75.3 cm³/mol. The molecule has 7 heteroatoms. The summed E-state index contributed by atoms with van der Waals surface area (Å²) in [7, 11) is 5.40. The summed E-state index contributed by atoms with van der Waals surface area (Å²) in [5.41, 5.74) is 6.12. The molecule has 1 aromatic rings. The van der Waals surface area contributed by atoms with Crippen LogP contribution < -0.4 is 10.8 Å². The van der Waals surface area contributed by atoms with Crippen LogP contribution in [0.5, 0.6) is 5.75 Å². The van der Waals surface area contributed by atoms with E-state index in [0.29, 0.717) is 4.48 Å². The molecule has 0 saturated carbocycles. The van der Waals surface area contributed by atoms with Gasteiger partial charge in [-0.05, 0) is 24.1 Å². The fourth-order valence-corrected chi connectivity index (χ4v) is 1.36. The van der Waals surface area contributed by atoms with Gasteiger partial charge in [-0.3, -0.25) is 4.79 Å². The number of aromatic hydroxyl groups is 1. The van der Waals surface area contributed by atoms with Crippen LogP contribution in [0.4, 0.5) is 0 Å². The number of rotatable bonds is 5. The van der Waals surface area contributed by atoms with Gasteiger partial charge in [0.05, 0.1) is 27.1 Å². The molecule has 1 rings (SSSR count). The van der Waals surface area contributed by atoms with Gasteiger partial charge in [0.2, 0.25) is 0 Å². The Balaban J connectivity index is 0.000000433. The summed E-state index contributed by atoms with van der Waals surface area (Å²) < 4.78 is 0.419. The van der Waals surface area contributed by atoms with Crippen LogP contribution in [-0.2, 0) is 16.0 Å². The molecule has 118 valence electrons. The molecule has 0 amide bonds. The largest absolute Gasteiger partial charge is 0.544 e. The lowest BCUT2D eigenvalue weighted by molar-refractivity contribution is -0.864. The fraction of sp³-hybridized carbons (Fsp3) is 0.429. The highest BCUT2D eigenvalue weighted by atomic mass is 16.4. The van der Waals surface area contributed by atoms with E-state index in [1.807, 2.05) is 0 Å². The maximum absolute atomic E-state index is 10.4. The number of nitrogens with zero attached hydrogens (tertiary/aromatic N) is 1. The molecule has 0 bridgehead atoms. The van der Waals surface area contributed by atoms with Gasteiger partial charge in [0.1, 0.15) is 18.3 Å². The van der Waals surface area contributed by atoms with Crippen molar-refractivity contribution in [2.24, 2.45) is 5.73 Å². The third-order valence-corrected chi connectivity index (χ3v) is 2.31. The third kappa shape index (κ3) is 10.3. The van der Waals surface area contributed by atoms with Crippen LogP contribution >= 0.6 is 0 Å². The number of nitrogens with two attached hydrogens (primary N) is 1. The van der Waals surface area contributed by atoms with Crippen LogP contribution in [0, 0.1) is 0 Å². The number of hydrogen-bond acceptors (Lipinski definition) is 5. The van der Waals surface area contributed by atoms with E-state index in [1.165, 1.54) is 12.1 Å². The Hall–Kier alpha value is -2.12. The molecule has 0 aromatic heterocycles. The van der Waals surface area contributed by atoms with Gasteiger partial charge in [-0.15, -0.1) is 0 Å². The van der Waals surface area contributed by atoms with Crippen LogP contribution in [0.1, 0.15) is 5.56 Å². The zero-order valence-corrected chi connectivity index (χ0v) is 12.4. The van der Waals surface area contributed by atoms with Crippen LogP contribution in [0.15, 0.2) is 24.3 Å². The molecular formula is C14H22N2O5. The van der Waals surface area contributed by atoms with Crippen molar-refractivity contribution in [2.45, 2.75) is 12.5 Å². The zero-order valence-electron chi connectivity index (χ0n) is 12.4. The van der Waals surface area contributed by atoms with Crippen LogP contribution in [0.2, 0.25) is 0 Å². The van der Waals surface area contributed by atoms with Crippen molar-refractivity contribution in [3.63, 3.8) is 0 Å². The number of aliphatic carboxylic acids is 2. The first kappa shape index (κ1) is 18.9. The van der Waals surface area contributed by atoms with Gasteiger partial charge in [-0.2, -0.15) is 0 Å². The Morgan fingerprint density at radius 1 is 1.24 bits per heavy atom. The molecule has 1 atom stereocenters. The monoisotopic (exact) mass is 298 g/mol. The van der Waals surface area contributed by atoms with Gasteiger partial charge in [0.25, 0.3) is 0 Å². The first-order valence-corrected chi connectivity index (χ1v) is 6.28. The normalized spacial score (nSPS) is 12.0. The summed E-state index contributed by atoms with van der Waals surface area (Å²) in [5, 5.41) is 27.4. The number of benzene rings is 1. The van der Waals surface area contributed by atoms with Gasteiger partial charge in [0, 0.05) is 0 Å². The highest BCUT2D eigenvalue weighted by Gasteiger charge is 2.11. The number of hydrogen-bond donors (Lipinski definition) is 3.